The molecule has 20 heavy (non-hydrogen) atoms. The van der Waals surface area contributed by atoms with Crippen LogP contribution in [0, 0.1) is 0 Å². The molecule has 0 bridgehead atoms. The molecule has 0 spiro atoms. The minimum Gasteiger partial charge on any atom is -0.480 e. The molecule has 0 aliphatic rings. The average Bonchev–Trinajstić information content (AvgIpc) is 2.36. The van der Waals surface area contributed by atoms with Crippen LogP contribution in [0.5, 0.6) is 0 Å². The van der Waals surface area contributed by atoms with Crippen LogP contribution in [0.1, 0.15) is 34.1 Å². The van der Waals surface area contributed by atoms with Crippen molar-refractivity contribution in [3.8, 4) is 0 Å². The van der Waals surface area contributed by atoms with Crippen molar-refractivity contribution in [3.63, 3.8) is 0 Å². The Morgan fingerprint density at radius 1 is 1.15 bits per heavy atom. The summed E-state index contributed by atoms with van der Waals surface area (Å²) in [7, 11) is 0. The Morgan fingerprint density at radius 2 is 1.70 bits per heavy atom. The highest BCUT2D eigenvalue weighted by Gasteiger charge is 2.19. The molecular weight excluding hydrogens is 262 g/mol. The lowest BCUT2D eigenvalue weighted by Gasteiger charge is -2.25. The lowest BCUT2D eigenvalue weighted by Crippen LogP contribution is -2.47. The fourth-order valence-electron chi connectivity index (χ4n) is 1.75. The van der Waals surface area contributed by atoms with Crippen molar-refractivity contribution < 1.29 is 19.5 Å². The van der Waals surface area contributed by atoms with Crippen LogP contribution in [-0.2, 0) is 9.59 Å². The van der Waals surface area contributed by atoms with Gasteiger partial charge in [-0.1, -0.05) is 0 Å². The number of aliphatic carboxylic acids is 1. The smallest absolute Gasteiger partial charge is 0.323 e. The van der Waals surface area contributed by atoms with Crippen LogP contribution < -0.4 is 5.32 Å². The molecule has 0 aliphatic carbocycles. The first kappa shape index (κ1) is 18.2. The van der Waals surface area contributed by atoms with Crippen LogP contribution in [0.15, 0.2) is 0 Å². The quantitative estimate of drug-likeness (QED) is 0.689. The van der Waals surface area contributed by atoms with Gasteiger partial charge < -0.3 is 20.2 Å². The fourth-order valence-corrected chi connectivity index (χ4v) is 1.75. The van der Waals surface area contributed by atoms with Gasteiger partial charge in [-0.25, -0.2) is 4.79 Å². The third-order valence-electron chi connectivity index (χ3n) is 2.92. The maximum atomic E-state index is 11.8. The van der Waals surface area contributed by atoms with Crippen LogP contribution >= 0.6 is 0 Å². The second kappa shape index (κ2) is 9.17. The van der Waals surface area contributed by atoms with Gasteiger partial charge in [-0.3, -0.25) is 9.59 Å². The Balaban J connectivity index is 4.26. The number of nitrogens with zero attached hydrogens (tertiary/aromatic N) is 2. The minimum atomic E-state index is -1.06. The summed E-state index contributed by atoms with van der Waals surface area (Å²) in [5, 5.41) is 11.3. The molecule has 0 saturated heterocycles. The molecule has 0 aromatic rings. The normalized spacial score (nSPS) is 10.2. The van der Waals surface area contributed by atoms with Crippen LogP contribution in [-0.4, -0.2) is 65.0 Å². The van der Waals surface area contributed by atoms with Gasteiger partial charge in [0.15, 0.2) is 0 Å². The van der Waals surface area contributed by atoms with E-state index in [1.807, 2.05) is 13.8 Å². The van der Waals surface area contributed by atoms with E-state index in [1.165, 1.54) is 4.90 Å². The third kappa shape index (κ3) is 6.40. The van der Waals surface area contributed by atoms with E-state index in [1.54, 1.807) is 18.7 Å². The number of carboxylic acid groups (broad SMARTS) is 1. The highest BCUT2D eigenvalue weighted by atomic mass is 16.4. The van der Waals surface area contributed by atoms with Gasteiger partial charge in [-0.05, 0) is 27.7 Å². The summed E-state index contributed by atoms with van der Waals surface area (Å²) in [6.07, 6.45) is 0.215. The number of nitrogens with one attached hydrogen (secondary N) is 1. The number of amides is 3. The first-order chi connectivity index (χ1) is 9.33. The summed E-state index contributed by atoms with van der Waals surface area (Å²) >= 11 is 0. The Bertz CT molecular complexity index is 341. The highest BCUT2D eigenvalue weighted by Crippen LogP contribution is 1.99. The maximum absolute atomic E-state index is 11.8. The first-order valence-electron chi connectivity index (χ1n) is 6.87. The van der Waals surface area contributed by atoms with Crippen LogP contribution in [0.4, 0.5) is 4.79 Å². The summed E-state index contributed by atoms with van der Waals surface area (Å²) in [4.78, 5) is 37.2. The van der Waals surface area contributed by atoms with E-state index in [4.69, 9.17) is 5.11 Å². The molecule has 0 unspecified atom stereocenters. The van der Waals surface area contributed by atoms with Gasteiger partial charge in [-0.15, -0.1) is 0 Å². The van der Waals surface area contributed by atoms with Crippen LogP contribution in [0.3, 0.4) is 0 Å². The van der Waals surface area contributed by atoms with Crippen molar-refractivity contribution in [1.29, 1.82) is 0 Å². The second-order valence-electron chi connectivity index (χ2n) is 4.66. The van der Waals surface area contributed by atoms with Crippen molar-refractivity contribution >= 4 is 17.9 Å². The lowest BCUT2D eigenvalue weighted by atomic mass is 10.3. The predicted octanol–water partition coefficient (Wildman–Crippen LogP) is 0.750. The van der Waals surface area contributed by atoms with E-state index >= 15 is 0 Å². The minimum absolute atomic E-state index is 0.0235. The van der Waals surface area contributed by atoms with Gasteiger partial charge in [-0.2, -0.15) is 0 Å². The van der Waals surface area contributed by atoms with Crippen molar-refractivity contribution in [2.75, 3.05) is 26.2 Å². The fraction of sp³-hybridized carbons (Fsp3) is 0.769. The van der Waals surface area contributed by atoms with Crippen LogP contribution in [0.25, 0.3) is 0 Å². The zero-order valence-electron chi connectivity index (χ0n) is 12.7. The summed E-state index contributed by atoms with van der Waals surface area (Å²) in [5.74, 6) is -1.09. The summed E-state index contributed by atoms with van der Waals surface area (Å²) in [5.41, 5.74) is 0. The number of carbonyl (C=O) groups excluding carboxylic acids is 2. The molecule has 7 heteroatoms. The van der Waals surface area contributed by atoms with E-state index in [2.05, 4.69) is 5.32 Å². The zero-order valence-corrected chi connectivity index (χ0v) is 12.7. The predicted molar refractivity (Wildman–Crippen MR) is 75.4 cm³/mol. The molecule has 0 heterocycles. The number of hydrogen-bond donors (Lipinski definition) is 2. The SMILES string of the molecule is CCN(CC)C(=O)CCNC(=O)N(CC(=O)O)C(C)C. The van der Waals surface area contributed by atoms with Gasteiger partial charge in [0.1, 0.15) is 6.54 Å². The molecule has 0 aliphatic heterocycles. The average molecular weight is 287 g/mol. The van der Waals surface area contributed by atoms with E-state index in [-0.39, 0.29) is 31.5 Å². The van der Waals surface area contributed by atoms with Gasteiger partial charge in [0.25, 0.3) is 0 Å². The zero-order chi connectivity index (χ0) is 15.7. The number of carboxylic acids is 1. The van der Waals surface area contributed by atoms with Crippen molar-refractivity contribution in [2.24, 2.45) is 0 Å². The monoisotopic (exact) mass is 287 g/mol. The summed E-state index contributed by atoms with van der Waals surface area (Å²) in [6.45, 7) is 8.40. The Kier molecular flexibility index (Phi) is 8.35. The number of carbonyl (C=O) groups is 3. The topological polar surface area (TPSA) is 90.0 Å². The maximum Gasteiger partial charge on any atom is 0.323 e. The standard InChI is InChI=1S/C13H25N3O4/c1-5-15(6-2)11(17)7-8-14-13(20)16(10(3)4)9-12(18)19/h10H,5-9H2,1-4H3,(H,14,20)(H,18,19). The highest BCUT2D eigenvalue weighted by molar-refractivity contribution is 5.81. The molecule has 0 radical (unpaired) electrons. The second-order valence-corrected chi connectivity index (χ2v) is 4.66. The van der Waals surface area contributed by atoms with Gasteiger partial charge in [0.05, 0.1) is 0 Å². The molecule has 7 nitrogen and oxygen atoms in total. The molecule has 0 aromatic heterocycles. The molecule has 116 valence electrons. The molecule has 0 aromatic carbocycles. The van der Waals surface area contributed by atoms with Gasteiger partial charge in [0.2, 0.25) is 5.91 Å². The largest absolute Gasteiger partial charge is 0.480 e. The number of rotatable bonds is 8. The molecule has 0 rings (SSSR count). The molecule has 0 atom stereocenters. The van der Waals surface area contributed by atoms with Crippen molar-refractivity contribution in [1.82, 2.24) is 15.1 Å². The van der Waals surface area contributed by atoms with Crippen molar-refractivity contribution in [3.05, 3.63) is 0 Å². The Morgan fingerprint density at radius 3 is 2.10 bits per heavy atom. The number of hydrogen-bond acceptors (Lipinski definition) is 3. The van der Waals surface area contributed by atoms with Gasteiger partial charge >= 0.3 is 12.0 Å². The molecule has 3 amide bonds. The molecular formula is C13H25N3O4. The first-order valence-corrected chi connectivity index (χ1v) is 6.87. The van der Waals surface area contributed by atoms with E-state index in [9.17, 15) is 14.4 Å². The summed E-state index contributed by atoms with van der Waals surface area (Å²) in [6, 6.07) is -0.681. The molecule has 2 N–H and O–H groups in total. The third-order valence-corrected chi connectivity index (χ3v) is 2.92. The molecule has 0 fully saturated rings. The van der Waals surface area contributed by atoms with Gasteiger partial charge in [0, 0.05) is 32.1 Å². The lowest BCUT2D eigenvalue weighted by molar-refractivity contribution is -0.138. The number of urea groups is 1. The molecule has 0 saturated carbocycles. The Hall–Kier alpha value is -1.79. The Labute approximate surface area is 119 Å². The van der Waals surface area contributed by atoms with Crippen molar-refractivity contribution in [2.45, 2.75) is 40.2 Å². The van der Waals surface area contributed by atoms with E-state index in [0.29, 0.717) is 13.1 Å². The summed E-state index contributed by atoms with van der Waals surface area (Å²) < 4.78 is 0. The van der Waals surface area contributed by atoms with Crippen LogP contribution in [0.2, 0.25) is 0 Å². The van der Waals surface area contributed by atoms with E-state index in [0.717, 1.165) is 0 Å². The van der Waals surface area contributed by atoms with E-state index < -0.39 is 12.0 Å².